The summed E-state index contributed by atoms with van der Waals surface area (Å²) in [5.41, 5.74) is 0. The molecule has 0 rings (SSSR count). The Labute approximate surface area is 146 Å². The fraction of sp³-hybridized carbons (Fsp3) is 0. The molecule has 0 amide bonds. The second-order valence-corrected chi connectivity index (χ2v) is 2.45. The maximum absolute atomic E-state index is 8.89. The van der Waals surface area contributed by atoms with Crippen molar-refractivity contribution in [3.63, 3.8) is 0 Å². The van der Waals surface area contributed by atoms with Gasteiger partial charge in [-0.3, -0.25) is 8.42 Å². The number of hydrogen-bond donors (Lipinski definition) is 0. The van der Waals surface area contributed by atoms with Gasteiger partial charge in [-0.15, -0.1) is 0 Å². The van der Waals surface area contributed by atoms with E-state index in [9.17, 15) is 0 Å². The van der Waals surface area contributed by atoms with E-state index in [0.29, 0.717) is 0 Å². The predicted octanol–water partition coefficient (Wildman–Crippen LogP) is -6.89. The molecule has 40 valence electrons. The van der Waals surface area contributed by atoms with Crippen molar-refractivity contribution in [3.05, 3.63) is 0 Å². The van der Waals surface area contributed by atoms with Gasteiger partial charge in [0.1, 0.15) is 0 Å². The Morgan fingerprint density at radius 3 is 1.25 bits per heavy atom. The van der Waals surface area contributed by atoms with E-state index >= 15 is 0 Å². The SMILES string of the molecule is O=S(=O)([O-])[S-].S.[K+].[K+]. The van der Waals surface area contributed by atoms with E-state index in [2.05, 4.69) is 11.7 Å². The van der Waals surface area contributed by atoms with E-state index in [1.165, 1.54) is 0 Å². The minimum Gasteiger partial charge on any atom is -0.768 e. The fourth-order valence-corrected chi connectivity index (χ4v) is 0. The van der Waals surface area contributed by atoms with Gasteiger partial charge in [0, 0.05) is 0 Å². The van der Waals surface area contributed by atoms with Crippen LogP contribution in [0.4, 0.5) is 0 Å². The van der Waals surface area contributed by atoms with Crippen LogP contribution in [0.1, 0.15) is 0 Å². The molecule has 0 heterocycles. The van der Waals surface area contributed by atoms with Crippen LogP contribution in [0.2, 0.25) is 0 Å². The summed E-state index contributed by atoms with van der Waals surface area (Å²) in [4.78, 5) is 0. The molecular weight excluding hydrogens is 222 g/mol. The average molecular weight is 224 g/mol. The van der Waals surface area contributed by atoms with Crippen LogP contribution in [0.3, 0.4) is 0 Å². The van der Waals surface area contributed by atoms with Crippen LogP contribution in [0, 0.1) is 0 Å². The van der Waals surface area contributed by atoms with Gasteiger partial charge >= 0.3 is 103 Å². The summed E-state index contributed by atoms with van der Waals surface area (Å²) in [5, 5.41) is 0. The van der Waals surface area contributed by atoms with Gasteiger partial charge in [0.15, 0.2) is 0 Å². The standard InChI is InChI=1S/2K.H2O3S2.H2S/c;;1-5(2,3)4;/h;;(H2,1,2,3,4);1H2/q2*+1;;/p-2. The molecule has 0 saturated heterocycles. The quantitative estimate of drug-likeness (QED) is 0.178. The minimum absolute atomic E-state index is 0. The van der Waals surface area contributed by atoms with Gasteiger partial charge in [0.2, 0.25) is 0 Å². The molecule has 0 aliphatic heterocycles. The van der Waals surface area contributed by atoms with Crippen molar-refractivity contribution in [2.24, 2.45) is 0 Å². The van der Waals surface area contributed by atoms with Crippen molar-refractivity contribution in [1.82, 2.24) is 0 Å². The van der Waals surface area contributed by atoms with E-state index in [1.807, 2.05) is 0 Å². The van der Waals surface area contributed by atoms with Gasteiger partial charge in [-0.05, 0) is 9.15 Å². The molecule has 0 aromatic carbocycles. The largest absolute Gasteiger partial charge is 1.00 e. The monoisotopic (exact) mass is 224 g/mol. The van der Waals surface area contributed by atoms with E-state index in [-0.39, 0.29) is 116 Å². The Bertz CT molecular complexity index is 95.7. The molecule has 0 bridgehead atoms. The van der Waals surface area contributed by atoms with E-state index < -0.39 is 9.15 Å². The first-order valence-electron chi connectivity index (χ1n) is 0.667. The summed E-state index contributed by atoms with van der Waals surface area (Å²) in [7, 11) is -4.33. The van der Waals surface area contributed by atoms with Gasteiger partial charge in [-0.2, -0.15) is 13.5 Å². The zero-order chi connectivity index (χ0) is 4.50. The Morgan fingerprint density at radius 1 is 1.25 bits per heavy atom. The van der Waals surface area contributed by atoms with Crippen molar-refractivity contribution in [1.29, 1.82) is 0 Å². The van der Waals surface area contributed by atoms with Gasteiger partial charge in [-0.25, -0.2) is 0 Å². The minimum atomic E-state index is -4.33. The molecule has 0 aromatic heterocycles. The molecule has 0 saturated carbocycles. The van der Waals surface area contributed by atoms with E-state index in [0.717, 1.165) is 0 Å². The van der Waals surface area contributed by atoms with Crippen LogP contribution in [0.25, 0.3) is 0 Å². The molecule has 0 fully saturated rings. The van der Waals surface area contributed by atoms with Crippen molar-refractivity contribution in [2.45, 2.75) is 0 Å². The fourth-order valence-electron chi connectivity index (χ4n) is 0. The summed E-state index contributed by atoms with van der Waals surface area (Å²) in [5.74, 6) is 0. The molecule has 0 aliphatic rings. The van der Waals surface area contributed by atoms with Crippen molar-refractivity contribution in [2.75, 3.05) is 0 Å². The molecule has 0 atom stereocenters. The topological polar surface area (TPSA) is 57.2 Å². The Balaban J connectivity index is -0.0000000267. The van der Waals surface area contributed by atoms with Gasteiger partial charge in [0.25, 0.3) is 0 Å². The zero-order valence-electron chi connectivity index (χ0n) is 4.54. The van der Waals surface area contributed by atoms with Crippen LogP contribution in [-0.4, -0.2) is 13.0 Å². The molecule has 0 radical (unpaired) electrons. The summed E-state index contributed by atoms with van der Waals surface area (Å²) in [6.45, 7) is 0. The van der Waals surface area contributed by atoms with Crippen LogP contribution >= 0.6 is 13.5 Å². The molecule has 0 spiro atoms. The maximum atomic E-state index is 8.89. The molecular formula is H2K2O3S3. The molecule has 0 unspecified atom stereocenters. The van der Waals surface area contributed by atoms with Crippen LogP contribution in [-0.2, 0) is 20.8 Å². The Hall–Kier alpha value is 3.88. The smallest absolute Gasteiger partial charge is 0.768 e. The first-order valence-corrected chi connectivity index (χ1v) is 3.00. The maximum Gasteiger partial charge on any atom is 1.00 e. The predicted molar refractivity (Wildman–Crippen MR) is 27.4 cm³/mol. The number of hydrogen-bond acceptors (Lipinski definition) is 4. The van der Waals surface area contributed by atoms with Crippen LogP contribution < -0.4 is 103 Å². The molecule has 8 heteroatoms. The summed E-state index contributed by atoms with van der Waals surface area (Å²) in [6.07, 6.45) is 0. The summed E-state index contributed by atoms with van der Waals surface area (Å²) in [6, 6.07) is 0. The summed E-state index contributed by atoms with van der Waals surface area (Å²) < 4.78 is 26.7. The molecule has 0 aliphatic carbocycles. The second-order valence-electron chi connectivity index (χ2n) is 0.408. The van der Waals surface area contributed by atoms with Gasteiger partial charge < -0.3 is 16.2 Å². The first kappa shape index (κ1) is 22.6. The molecule has 3 nitrogen and oxygen atoms in total. The van der Waals surface area contributed by atoms with E-state index in [1.54, 1.807) is 0 Å². The Kier molecular flexibility index (Phi) is 30.8. The van der Waals surface area contributed by atoms with Crippen molar-refractivity contribution < 1.29 is 116 Å². The van der Waals surface area contributed by atoms with Crippen LogP contribution in [0.15, 0.2) is 0 Å². The zero-order valence-corrected chi connectivity index (χ0v) is 13.4. The van der Waals surface area contributed by atoms with Gasteiger partial charge in [0.05, 0.1) is 0 Å². The van der Waals surface area contributed by atoms with Gasteiger partial charge in [-0.1, -0.05) is 0 Å². The molecule has 8 heavy (non-hydrogen) atoms. The first-order chi connectivity index (χ1) is 2.00. The Morgan fingerprint density at radius 2 is 1.25 bits per heavy atom. The normalized spacial score (nSPS) is 7.25. The third-order valence-electron chi connectivity index (χ3n) is 0. The summed E-state index contributed by atoms with van der Waals surface area (Å²) >= 11 is 3.24. The average Bonchev–Trinajstić information content (AvgIpc) is 0.722. The molecule has 0 N–H and O–H groups in total. The van der Waals surface area contributed by atoms with Crippen LogP contribution in [0.5, 0.6) is 0 Å². The third kappa shape index (κ3) is 51.7. The second kappa shape index (κ2) is 10.9. The van der Waals surface area contributed by atoms with E-state index in [4.69, 9.17) is 13.0 Å². The van der Waals surface area contributed by atoms with Crippen molar-refractivity contribution in [3.8, 4) is 0 Å². The number of rotatable bonds is 0. The van der Waals surface area contributed by atoms with Crippen molar-refractivity contribution >= 4 is 34.3 Å². The third-order valence-corrected chi connectivity index (χ3v) is 0. The molecule has 0 aromatic rings.